The van der Waals surface area contributed by atoms with Crippen LogP contribution in [0.25, 0.3) is 0 Å². The first-order chi connectivity index (χ1) is 8.02. The zero-order chi connectivity index (χ0) is 12.6. The van der Waals surface area contributed by atoms with Crippen molar-refractivity contribution in [1.29, 1.82) is 0 Å². The fourth-order valence-corrected chi connectivity index (χ4v) is 1.88. The minimum atomic E-state index is -1.36. The monoisotopic (exact) mass is 258 g/mol. The molecule has 1 aromatic carbocycles. The quantitative estimate of drug-likeness (QED) is 0.898. The average Bonchev–Trinajstić information content (AvgIpc) is 2.62. The Morgan fingerprint density at radius 2 is 2.12 bits per heavy atom. The maximum atomic E-state index is 13.5. The maximum absolute atomic E-state index is 13.5. The topological polar surface area (TPSA) is 38.0 Å². The second-order valence-electron chi connectivity index (χ2n) is 3.55. The molecule has 1 heterocycles. The van der Waals surface area contributed by atoms with Crippen LogP contribution in [0, 0.1) is 11.6 Å². The minimum Gasteiger partial charge on any atom is -0.382 e. The van der Waals surface area contributed by atoms with Gasteiger partial charge in [0.15, 0.2) is 11.6 Å². The van der Waals surface area contributed by atoms with Crippen molar-refractivity contribution in [3.8, 4) is 0 Å². The summed E-state index contributed by atoms with van der Waals surface area (Å²) >= 11 is 5.82. The summed E-state index contributed by atoms with van der Waals surface area (Å²) in [6, 6.07) is 3.60. The molecule has 90 valence electrons. The molecule has 0 aliphatic carbocycles. The van der Waals surface area contributed by atoms with E-state index in [-0.39, 0.29) is 16.3 Å². The van der Waals surface area contributed by atoms with Crippen molar-refractivity contribution in [2.75, 3.05) is 0 Å². The fourth-order valence-electron chi connectivity index (χ4n) is 1.61. The van der Waals surface area contributed by atoms with E-state index in [1.165, 1.54) is 23.0 Å². The van der Waals surface area contributed by atoms with Gasteiger partial charge in [-0.3, -0.25) is 4.68 Å². The minimum absolute atomic E-state index is 0.171. The number of aliphatic hydroxyl groups is 1. The number of benzene rings is 1. The molecule has 1 N–H and O–H groups in total. The molecule has 17 heavy (non-hydrogen) atoms. The number of hydrogen-bond donors (Lipinski definition) is 1. The SMILES string of the molecule is Cn1ncc(Cl)c1C(O)c1cccc(F)c1F. The van der Waals surface area contributed by atoms with Gasteiger partial charge in [-0.05, 0) is 6.07 Å². The fraction of sp³-hybridized carbons (Fsp3) is 0.182. The Morgan fingerprint density at radius 3 is 2.71 bits per heavy atom. The van der Waals surface area contributed by atoms with Crippen molar-refractivity contribution in [3.63, 3.8) is 0 Å². The number of rotatable bonds is 2. The number of halogens is 3. The van der Waals surface area contributed by atoms with Crippen LogP contribution in [0.5, 0.6) is 0 Å². The summed E-state index contributed by atoms with van der Waals surface area (Å²) in [6.07, 6.45) is -0.0252. The second-order valence-corrected chi connectivity index (χ2v) is 3.95. The highest BCUT2D eigenvalue weighted by molar-refractivity contribution is 6.31. The van der Waals surface area contributed by atoms with Crippen molar-refractivity contribution < 1.29 is 13.9 Å². The van der Waals surface area contributed by atoms with Crippen LogP contribution in [-0.4, -0.2) is 14.9 Å². The first-order valence-corrected chi connectivity index (χ1v) is 5.19. The van der Waals surface area contributed by atoms with Crippen LogP contribution in [-0.2, 0) is 7.05 Å². The molecule has 0 radical (unpaired) electrons. The van der Waals surface area contributed by atoms with Gasteiger partial charge in [0.1, 0.15) is 6.10 Å². The molecule has 2 rings (SSSR count). The van der Waals surface area contributed by atoms with Gasteiger partial charge >= 0.3 is 0 Å². The van der Waals surface area contributed by atoms with E-state index >= 15 is 0 Å². The maximum Gasteiger partial charge on any atom is 0.165 e. The molecule has 0 fully saturated rings. The van der Waals surface area contributed by atoms with Crippen LogP contribution >= 0.6 is 11.6 Å². The van der Waals surface area contributed by atoms with E-state index in [4.69, 9.17) is 11.6 Å². The zero-order valence-corrected chi connectivity index (χ0v) is 9.62. The van der Waals surface area contributed by atoms with E-state index in [9.17, 15) is 13.9 Å². The molecular weight excluding hydrogens is 250 g/mol. The third-order valence-electron chi connectivity index (χ3n) is 2.47. The summed E-state index contributed by atoms with van der Waals surface area (Å²) < 4.78 is 27.9. The molecule has 0 aliphatic rings. The third-order valence-corrected chi connectivity index (χ3v) is 2.76. The summed E-state index contributed by atoms with van der Waals surface area (Å²) in [5.74, 6) is -2.10. The van der Waals surface area contributed by atoms with Gasteiger partial charge in [0.2, 0.25) is 0 Å². The second kappa shape index (κ2) is 4.43. The van der Waals surface area contributed by atoms with Crippen LogP contribution in [0.15, 0.2) is 24.4 Å². The van der Waals surface area contributed by atoms with E-state index in [0.717, 1.165) is 6.07 Å². The van der Waals surface area contributed by atoms with Gasteiger partial charge in [0.05, 0.1) is 16.9 Å². The summed E-state index contributed by atoms with van der Waals surface area (Å²) in [4.78, 5) is 0. The zero-order valence-electron chi connectivity index (χ0n) is 8.86. The van der Waals surface area contributed by atoms with Crippen LogP contribution < -0.4 is 0 Å². The Kier molecular flexibility index (Phi) is 3.13. The molecule has 0 spiro atoms. The predicted octanol–water partition coefficient (Wildman–Crippen LogP) is 2.43. The van der Waals surface area contributed by atoms with Gasteiger partial charge in [0.25, 0.3) is 0 Å². The van der Waals surface area contributed by atoms with Gasteiger partial charge in [-0.25, -0.2) is 8.78 Å². The predicted molar refractivity (Wildman–Crippen MR) is 58.6 cm³/mol. The first kappa shape index (κ1) is 12.0. The van der Waals surface area contributed by atoms with Crippen LogP contribution in [0.3, 0.4) is 0 Å². The number of aliphatic hydroxyl groups excluding tert-OH is 1. The molecule has 1 aromatic heterocycles. The van der Waals surface area contributed by atoms with Crippen molar-refractivity contribution in [2.45, 2.75) is 6.10 Å². The summed E-state index contributed by atoms with van der Waals surface area (Å²) in [7, 11) is 1.56. The summed E-state index contributed by atoms with van der Waals surface area (Å²) in [6.45, 7) is 0. The largest absolute Gasteiger partial charge is 0.382 e. The molecule has 0 bridgehead atoms. The molecule has 1 atom stereocenters. The third kappa shape index (κ3) is 2.03. The number of aryl methyl sites for hydroxylation is 1. The lowest BCUT2D eigenvalue weighted by atomic mass is 10.1. The lowest BCUT2D eigenvalue weighted by Gasteiger charge is -2.13. The highest BCUT2D eigenvalue weighted by Gasteiger charge is 2.22. The van der Waals surface area contributed by atoms with Gasteiger partial charge in [0, 0.05) is 12.6 Å². The molecule has 0 aliphatic heterocycles. The van der Waals surface area contributed by atoms with Gasteiger partial charge in [-0.2, -0.15) is 5.10 Å². The van der Waals surface area contributed by atoms with E-state index in [2.05, 4.69) is 5.10 Å². The van der Waals surface area contributed by atoms with E-state index < -0.39 is 17.7 Å². The Hall–Kier alpha value is -1.46. The molecule has 6 heteroatoms. The Labute approximate surface area is 101 Å². The number of aromatic nitrogens is 2. The molecule has 3 nitrogen and oxygen atoms in total. The van der Waals surface area contributed by atoms with Gasteiger partial charge in [-0.1, -0.05) is 23.7 Å². The molecule has 0 saturated heterocycles. The lowest BCUT2D eigenvalue weighted by Crippen LogP contribution is -2.09. The average molecular weight is 259 g/mol. The molecular formula is C11H9ClF2N2O. The Morgan fingerprint density at radius 1 is 1.41 bits per heavy atom. The van der Waals surface area contributed by atoms with E-state index in [1.807, 2.05) is 0 Å². The van der Waals surface area contributed by atoms with Crippen molar-refractivity contribution >= 4 is 11.6 Å². The number of nitrogens with zero attached hydrogens (tertiary/aromatic N) is 2. The number of hydrogen-bond acceptors (Lipinski definition) is 2. The Balaban J connectivity index is 2.51. The van der Waals surface area contributed by atoms with Gasteiger partial charge < -0.3 is 5.11 Å². The van der Waals surface area contributed by atoms with Crippen LogP contribution in [0.2, 0.25) is 5.02 Å². The Bertz CT molecular complexity index is 537. The molecule has 1 unspecified atom stereocenters. The first-order valence-electron chi connectivity index (χ1n) is 4.81. The van der Waals surface area contributed by atoms with Crippen LogP contribution in [0.1, 0.15) is 17.4 Å². The molecule has 0 saturated carbocycles. The highest BCUT2D eigenvalue weighted by atomic mass is 35.5. The normalized spacial score (nSPS) is 12.8. The molecule has 2 aromatic rings. The molecule has 0 amide bonds. The smallest absolute Gasteiger partial charge is 0.165 e. The summed E-state index contributed by atoms with van der Waals surface area (Å²) in [5.41, 5.74) is 0.0478. The summed E-state index contributed by atoms with van der Waals surface area (Å²) in [5, 5.41) is 14.0. The van der Waals surface area contributed by atoms with E-state index in [0.29, 0.717) is 0 Å². The van der Waals surface area contributed by atoms with E-state index in [1.54, 1.807) is 7.05 Å². The highest BCUT2D eigenvalue weighted by Crippen LogP contribution is 2.29. The standard InChI is InChI=1S/C11H9ClF2N2O/c1-16-10(7(12)5-15-16)11(17)6-3-2-4-8(13)9(6)14/h2-5,11,17H,1H3. The lowest BCUT2D eigenvalue weighted by molar-refractivity contribution is 0.203. The van der Waals surface area contributed by atoms with Gasteiger partial charge in [-0.15, -0.1) is 0 Å². The van der Waals surface area contributed by atoms with Crippen molar-refractivity contribution in [2.24, 2.45) is 7.05 Å². The van der Waals surface area contributed by atoms with Crippen molar-refractivity contribution in [3.05, 3.63) is 52.3 Å². The van der Waals surface area contributed by atoms with Crippen LogP contribution in [0.4, 0.5) is 8.78 Å². The van der Waals surface area contributed by atoms with Crippen molar-refractivity contribution in [1.82, 2.24) is 9.78 Å².